The Kier molecular flexibility index (Phi) is 7.07. The molecule has 1 fully saturated rings. The van der Waals surface area contributed by atoms with Crippen molar-refractivity contribution in [2.24, 2.45) is 0 Å². The maximum atomic E-state index is 13.5. The van der Waals surface area contributed by atoms with Crippen molar-refractivity contribution in [3.05, 3.63) is 57.0 Å². The summed E-state index contributed by atoms with van der Waals surface area (Å²) >= 11 is 0. The predicted molar refractivity (Wildman–Crippen MR) is 133 cm³/mol. The lowest BCUT2D eigenvalue weighted by atomic mass is 9.80. The van der Waals surface area contributed by atoms with Gasteiger partial charge in [-0.15, -0.1) is 5.92 Å². The fraction of sp³-hybridized carbons (Fsp3) is 0.440. The number of imidazole rings is 1. The van der Waals surface area contributed by atoms with E-state index in [1.165, 1.54) is 6.33 Å². The molecule has 184 valence electrons. The van der Waals surface area contributed by atoms with Crippen molar-refractivity contribution in [1.82, 2.24) is 24.9 Å². The first-order valence-corrected chi connectivity index (χ1v) is 11.7. The Hall–Kier alpha value is -3.84. The van der Waals surface area contributed by atoms with Gasteiger partial charge in [0.05, 0.1) is 25.5 Å². The van der Waals surface area contributed by atoms with Crippen LogP contribution in [-0.4, -0.2) is 56.7 Å². The second-order valence-electron chi connectivity index (χ2n) is 8.74. The number of carbonyl (C=O) groups is 1. The molecule has 0 saturated carbocycles. The highest BCUT2D eigenvalue weighted by Gasteiger charge is 2.43. The minimum atomic E-state index is -0.594. The Bertz CT molecular complexity index is 1390. The number of hydrogen-bond acceptors (Lipinski definition) is 7. The third kappa shape index (κ3) is 4.86. The Morgan fingerprint density at radius 3 is 2.97 bits per heavy atom. The molecule has 1 unspecified atom stereocenters. The number of nitrogens with one attached hydrogen (secondary N) is 3. The van der Waals surface area contributed by atoms with Crippen LogP contribution >= 0.6 is 0 Å². The van der Waals surface area contributed by atoms with Gasteiger partial charge in [-0.1, -0.05) is 18.1 Å². The van der Waals surface area contributed by atoms with Crippen molar-refractivity contribution in [3.8, 4) is 17.6 Å². The molecular formula is C25H30N6O4. The average molecular weight is 479 g/mol. The van der Waals surface area contributed by atoms with Gasteiger partial charge < -0.3 is 14.7 Å². The second-order valence-corrected chi connectivity index (χ2v) is 8.74. The highest BCUT2D eigenvalue weighted by Crippen LogP contribution is 2.30. The predicted octanol–water partition coefficient (Wildman–Crippen LogP) is 1.56. The normalized spacial score (nSPS) is 19.9. The molecule has 0 radical (unpaired) electrons. The maximum Gasteiger partial charge on any atom is 0.349 e. The molecule has 3 heterocycles. The first-order chi connectivity index (χ1) is 16.9. The summed E-state index contributed by atoms with van der Waals surface area (Å²) in [5.74, 6) is 6.40. The van der Waals surface area contributed by atoms with Crippen LogP contribution in [0.2, 0.25) is 0 Å². The van der Waals surface area contributed by atoms with E-state index in [4.69, 9.17) is 4.74 Å². The van der Waals surface area contributed by atoms with Crippen molar-refractivity contribution in [3.63, 3.8) is 0 Å². The summed E-state index contributed by atoms with van der Waals surface area (Å²) in [7, 11) is 0. The molecule has 2 atom stereocenters. The number of piperidine rings is 1. The van der Waals surface area contributed by atoms with Gasteiger partial charge >= 0.3 is 11.2 Å². The van der Waals surface area contributed by atoms with E-state index in [2.05, 4.69) is 32.1 Å². The molecule has 2 aromatic heterocycles. The van der Waals surface area contributed by atoms with E-state index in [9.17, 15) is 14.4 Å². The van der Waals surface area contributed by atoms with Crippen molar-refractivity contribution in [2.75, 3.05) is 24.7 Å². The van der Waals surface area contributed by atoms with Crippen LogP contribution in [0.4, 0.5) is 0 Å². The van der Waals surface area contributed by atoms with Crippen LogP contribution in [0.1, 0.15) is 50.4 Å². The number of aromatic amines is 2. The van der Waals surface area contributed by atoms with Crippen LogP contribution in [0.5, 0.6) is 5.75 Å². The summed E-state index contributed by atoms with van der Waals surface area (Å²) in [6.45, 7) is 7.03. The zero-order valence-electron chi connectivity index (χ0n) is 20.2. The number of hydrogen-bond donors (Lipinski definition) is 3. The van der Waals surface area contributed by atoms with Gasteiger partial charge in [0, 0.05) is 24.1 Å². The number of benzene rings is 1. The molecule has 1 saturated heterocycles. The lowest BCUT2D eigenvalue weighted by Gasteiger charge is -2.49. The van der Waals surface area contributed by atoms with E-state index in [1.54, 1.807) is 36.2 Å². The second kappa shape index (κ2) is 10.2. The number of nitrogens with zero attached hydrogens (tertiary/aromatic N) is 3. The van der Waals surface area contributed by atoms with Crippen LogP contribution in [0.15, 0.2) is 40.2 Å². The highest BCUT2D eigenvalue weighted by molar-refractivity contribution is 5.97. The van der Waals surface area contributed by atoms with Crippen molar-refractivity contribution >= 4 is 16.9 Å². The molecule has 35 heavy (non-hydrogen) atoms. The number of ether oxygens (including phenoxy) is 1. The largest absolute Gasteiger partial charge is 0.494 e. The van der Waals surface area contributed by atoms with Crippen LogP contribution in [0.3, 0.4) is 0 Å². The van der Waals surface area contributed by atoms with E-state index in [1.807, 2.05) is 13.8 Å². The van der Waals surface area contributed by atoms with Gasteiger partial charge in [-0.05, 0) is 45.7 Å². The van der Waals surface area contributed by atoms with Crippen LogP contribution in [-0.2, 0) is 0 Å². The molecule has 0 amide bonds. The Balaban J connectivity index is 1.76. The molecule has 4 rings (SSSR count). The standard InChI is InChI=1S/C25H30N6O4/c1-4-6-12-28-25(3)11-8-13-30(31-23(33)21-22(27-16-26-21)29-24(31)34)20(25)15-19(32)17-9-7-10-18(14-17)35-5-2/h7,9-10,14,16,20,28H,5,8,11-13,15H2,1-3H3,(H,26,27)(H,29,34)/t20?,25-/m1/s1. The van der Waals surface area contributed by atoms with Gasteiger partial charge in [0.1, 0.15) is 5.75 Å². The third-order valence-corrected chi connectivity index (χ3v) is 6.50. The van der Waals surface area contributed by atoms with E-state index in [0.717, 1.165) is 17.5 Å². The Labute approximate surface area is 202 Å². The smallest absolute Gasteiger partial charge is 0.349 e. The average Bonchev–Trinajstić information content (AvgIpc) is 3.30. The molecule has 10 nitrogen and oxygen atoms in total. The SMILES string of the molecule is CC#CCN[C@]1(C)CCCN(n2c(=O)[nH]c3nc[nH]c3c2=O)C1CC(=O)c1cccc(OCC)c1. The van der Waals surface area contributed by atoms with Crippen molar-refractivity contribution in [2.45, 2.75) is 51.6 Å². The fourth-order valence-corrected chi connectivity index (χ4v) is 4.73. The summed E-state index contributed by atoms with van der Waals surface area (Å²) in [6.07, 6.45) is 2.93. The first-order valence-electron chi connectivity index (χ1n) is 11.7. The molecule has 0 aliphatic carbocycles. The van der Waals surface area contributed by atoms with E-state index in [0.29, 0.717) is 31.0 Å². The molecule has 1 aliphatic heterocycles. The minimum absolute atomic E-state index is 0.0888. The minimum Gasteiger partial charge on any atom is -0.494 e. The molecule has 0 bridgehead atoms. The van der Waals surface area contributed by atoms with Gasteiger partial charge in [0.15, 0.2) is 16.9 Å². The van der Waals surface area contributed by atoms with Gasteiger partial charge in [0.25, 0.3) is 0 Å². The number of fused-ring (bicyclic) bond motifs is 1. The number of rotatable bonds is 8. The quantitative estimate of drug-likeness (QED) is 0.331. The fourth-order valence-electron chi connectivity index (χ4n) is 4.73. The van der Waals surface area contributed by atoms with Crippen LogP contribution in [0.25, 0.3) is 11.2 Å². The lowest BCUT2D eigenvalue weighted by Crippen LogP contribution is -2.69. The monoisotopic (exact) mass is 478 g/mol. The summed E-state index contributed by atoms with van der Waals surface area (Å²) < 4.78 is 6.65. The first kappa shape index (κ1) is 24.3. The summed E-state index contributed by atoms with van der Waals surface area (Å²) in [4.78, 5) is 49.2. The number of carbonyl (C=O) groups excluding carboxylic acids is 1. The third-order valence-electron chi connectivity index (χ3n) is 6.50. The highest BCUT2D eigenvalue weighted by atomic mass is 16.5. The summed E-state index contributed by atoms with van der Waals surface area (Å²) in [6, 6.07) is 6.58. The van der Waals surface area contributed by atoms with Gasteiger partial charge in [-0.2, -0.15) is 4.68 Å². The number of Topliss-reactive ketones (excluding diaryl/α,β-unsaturated/α-hetero) is 1. The van der Waals surface area contributed by atoms with E-state index < -0.39 is 22.8 Å². The molecule has 10 heteroatoms. The van der Waals surface area contributed by atoms with Gasteiger partial charge in [-0.25, -0.2) is 9.78 Å². The van der Waals surface area contributed by atoms with Crippen LogP contribution < -0.4 is 26.3 Å². The maximum absolute atomic E-state index is 13.5. The molecule has 1 aliphatic rings. The number of ketones is 1. The van der Waals surface area contributed by atoms with Gasteiger partial charge in [0.2, 0.25) is 0 Å². The summed E-state index contributed by atoms with van der Waals surface area (Å²) in [5, 5.41) is 5.18. The summed E-state index contributed by atoms with van der Waals surface area (Å²) in [5.41, 5.74) is -0.756. The molecule has 3 aromatic rings. The van der Waals surface area contributed by atoms with E-state index >= 15 is 0 Å². The molecule has 3 N–H and O–H groups in total. The molecular weight excluding hydrogens is 448 g/mol. The van der Waals surface area contributed by atoms with Gasteiger partial charge in [-0.3, -0.25) is 19.9 Å². The topological polar surface area (TPSA) is 125 Å². The zero-order chi connectivity index (χ0) is 25.0. The van der Waals surface area contributed by atoms with Crippen molar-refractivity contribution < 1.29 is 9.53 Å². The van der Waals surface area contributed by atoms with E-state index in [-0.39, 0.29) is 23.4 Å². The van der Waals surface area contributed by atoms with Crippen molar-refractivity contribution in [1.29, 1.82) is 0 Å². The Morgan fingerprint density at radius 2 is 2.20 bits per heavy atom. The van der Waals surface area contributed by atoms with Crippen LogP contribution in [0, 0.1) is 11.8 Å². The lowest BCUT2D eigenvalue weighted by molar-refractivity contribution is 0.0925. The zero-order valence-corrected chi connectivity index (χ0v) is 20.2. The number of aromatic nitrogens is 4. The Morgan fingerprint density at radius 1 is 1.37 bits per heavy atom. The number of H-pyrrole nitrogens is 2. The molecule has 0 spiro atoms. The molecule has 1 aromatic carbocycles.